The third-order valence-corrected chi connectivity index (χ3v) is 4.29. The zero-order valence-electron chi connectivity index (χ0n) is 14.3. The summed E-state index contributed by atoms with van der Waals surface area (Å²) in [5.41, 5.74) is 0.378. The number of nitrogens with zero attached hydrogens (tertiary/aromatic N) is 1. The zero-order chi connectivity index (χ0) is 18.1. The topological polar surface area (TPSA) is 98.7 Å². The Morgan fingerprint density at radius 1 is 1.08 bits per heavy atom. The van der Waals surface area contributed by atoms with E-state index in [0.717, 1.165) is 0 Å². The average Bonchev–Trinajstić information content (AvgIpc) is 3.03. The summed E-state index contributed by atoms with van der Waals surface area (Å²) in [5.74, 6) is -2.78. The minimum absolute atomic E-state index is 0.197. The van der Waals surface area contributed by atoms with Gasteiger partial charge in [0.1, 0.15) is 0 Å². The third kappa shape index (κ3) is 3.73. The molecule has 0 saturated heterocycles. The van der Waals surface area contributed by atoms with Crippen molar-refractivity contribution < 1.29 is 19.5 Å². The van der Waals surface area contributed by atoms with E-state index < -0.39 is 23.2 Å². The molecule has 0 unspecified atom stereocenters. The standard InChI is InChI=1S/C17H23N3O4/c1-17(2)13(14(17)16(23)24)15(22)19-11-8-6-5-7-10(11)18-12(21)9-20(3)4/h5-8,13-14H,9H2,1-4H3,(H,18,21)(H,19,22)(H,23,24)/t13-,14+/m1/s1. The lowest BCUT2D eigenvalue weighted by Crippen LogP contribution is -2.27. The second-order valence-corrected chi connectivity index (χ2v) is 6.94. The second kappa shape index (κ2) is 6.60. The summed E-state index contributed by atoms with van der Waals surface area (Å²) in [6.07, 6.45) is 0. The number of benzene rings is 1. The van der Waals surface area contributed by atoms with Crippen LogP contribution in [0.15, 0.2) is 24.3 Å². The van der Waals surface area contributed by atoms with Gasteiger partial charge in [-0.1, -0.05) is 26.0 Å². The van der Waals surface area contributed by atoms with Crippen LogP contribution in [0.1, 0.15) is 13.8 Å². The summed E-state index contributed by atoms with van der Waals surface area (Å²) >= 11 is 0. The van der Waals surface area contributed by atoms with Crippen molar-refractivity contribution in [2.75, 3.05) is 31.3 Å². The molecule has 1 aromatic carbocycles. The van der Waals surface area contributed by atoms with Crippen molar-refractivity contribution in [1.82, 2.24) is 4.90 Å². The van der Waals surface area contributed by atoms with Crippen molar-refractivity contribution in [1.29, 1.82) is 0 Å². The molecule has 0 spiro atoms. The molecule has 7 nitrogen and oxygen atoms in total. The number of anilines is 2. The molecule has 1 saturated carbocycles. The minimum atomic E-state index is -0.965. The summed E-state index contributed by atoms with van der Waals surface area (Å²) in [4.78, 5) is 37.3. The molecule has 3 N–H and O–H groups in total. The van der Waals surface area contributed by atoms with E-state index in [2.05, 4.69) is 10.6 Å². The summed E-state index contributed by atoms with van der Waals surface area (Å²) in [6, 6.07) is 6.86. The van der Waals surface area contributed by atoms with Crippen LogP contribution in [0.4, 0.5) is 11.4 Å². The molecular weight excluding hydrogens is 310 g/mol. The lowest BCUT2D eigenvalue weighted by atomic mass is 10.1. The molecule has 2 atom stereocenters. The van der Waals surface area contributed by atoms with Crippen molar-refractivity contribution in [3.8, 4) is 0 Å². The van der Waals surface area contributed by atoms with E-state index in [9.17, 15) is 19.5 Å². The number of likely N-dealkylation sites (N-methyl/N-ethyl adjacent to an activating group) is 1. The molecule has 1 aliphatic rings. The Morgan fingerprint density at radius 2 is 1.62 bits per heavy atom. The molecule has 1 fully saturated rings. The average molecular weight is 333 g/mol. The number of para-hydroxylation sites is 2. The van der Waals surface area contributed by atoms with Gasteiger partial charge in [-0.3, -0.25) is 14.4 Å². The molecular formula is C17H23N3O4. The molecule has 0 aromatic heterocycles. The highest BCUT2D eigenvalue weighted by atomic mass is 16.4. The highest BCUT2D eigenvalue weighted by Gasteiger charge is 2.65. The van der Waals surface area contributed by atoms with E-state index in [1.165, 1.54) is 0 Å². The number of carbonyl (C=O) groups is 3. The van der Waals surface area contributed by atoms with Gasteiger partial charge in [-0.2, -0.15) is 0 Å². The Kier molecular flexibility index (Phi) is 4.94. The van der Waals surface area contributed by atoms with Gasteiger partial charge < -0.3 is 20.6 Å². The Bertz CT molecular complexity index is 670. The SMILES string of the molecule is CN(C)CC(=O)Nc1ccccc1NC(=O)[C@H]1[C@@H](C(=O)O)C1(C)C. The fourth-order valence-electron chi connectivity index (χ4n) is 2.98. The van der Waals surface area contributed by atoms with Gasteiger partial charge in [-0.25, -0.2) is 0 Å². The number of amides is 2. The molecule has 130 valence electrons. The third-order valence-electron chi connectivity index (χ3n) is 4.29. The van der Waals surface area contributed by atoms with Crippen LogP contribution in [-0.4, -0.2) is 48.4 Å². The zero-order valence-corrected chi connectivity index (χ0v) is 14.3. The summed E-state index contributed by atoms with van der Waals surface area (Å²) in [7, 11) is 3.57. The van der Waals surface area contributed by atoms with E-state index in [4.69, 9.17) is 0 Å². The number of aliphatic carboxylic acids is 1. The molecule has 2 amide bonds. The van der Waals surface area contributed by atoms with Gasteiger partial charge in [0, 0.05) is 0 Å². The maximum Gasteiger partial charge on any atom is 0.307 e. The number of carboxylic acids is 1. The van der Waals surface area contributed by atoms with Gasteiger partial charge in [-0.05, 0) is 31.6 Å². The van der Waals surface area contributed by atoms with E-state index >= 15 is 0 Å². The first-order valence-corrected chi connectivity index (χ1v) is 7.72. The molecule has 7 heteroatoms. The monoisotopic (exact) mass is 333 g/mol. The molecule has 0 radical (unpaired) electrons. The number of rotatable bonds is 6. The molecule has 1 aromatic rings. The lowest BCUT2D eigenvalue weighted by molar-refractivity contribution is -0.140. The molecule has 0 bridgehead atoms. The van der Waals surface area contributed by atoms with Crippen molar-refractivity contribution in [3.05, 3.63) is 24.3 Å². The maximum atomic E-state index is 12.4. The van der Waals surface area contributed by atoms with E-state index in [1.54, 1.807) is 57.1 Å². The Morgan fingerprint density at radius 3 is 2.08 bits per heavy atom. The smallest absolute Gasteiger partial charge is 0.307 e. The first kappa shape index (κ1) is 17.9. The Labute approximate surface area is 141 Å². The molecule has 24 heavy (non-hydrogen) atoms. The van der Waals surface area contributed by atoms with Gasteiger partial charge >= 0.3 is 5.97 Å². The van der Waals surface area contributed by atoms with Gasteiger partial charge in [-0.15, -0.1) is 0 Å². The molecule has 1 aliphatic carbocycles. The number of hydrogen-bond donors (Lipinski definition) is 3. The van der Waals surface area contributed by atoms with E-state index in [0.29, 0.717) is 11.4 Å². The quantitative estimate of drug-likeness (QED) is 0.732. The van der Waals surface area contributed by atoms with E-state index in [1.807, 2.05) is 0 Å². The van der Waals surface area contributed by atoms with Gasteiger partial charge in [0.25, 0.3) is 0 Å². The normalized spacial score (nSPS) is 21.2. The highest BCUT2D eigenvalue weighted by molar-refractivity contribution is 6.03. The van der Waals surface area contributed by atoms with E-state index in [-0.39, 0.29) is 18.4 Å². The van der Waals surface area contributed by atoms with Crippen LogP contribution >= 0.6 is 0 Å². The van der Waals surface area contributed by atoms with Gasteiger partial charge in [0.2, 0.25) is 11.8 Å². The second-order valence-electron chi connectivity index (χ2n) is 6.94. The van der Waals surface area contributed by atoms with Crippen molar-refractivity contribution >= 4 is 29.2 Å². The van der Waals surface area contributed by atoms with Crippen molar-refractivity contribution in [2.24, 2.45) is 17.3 Å². The number of nitrogens with one attached hydrogen (secondary N) is 2. The van der Waals surface area contributed by atoms with Crippen LogP contribution in [0.5, 0.6) is 0 Å². The number of hydrogen-bond acceptors (Lipinski definition) is 4. The van der Waals surface area contributed by atoms with Crippen LogP contribution in [0.25, 0.3) is 0 Å². The fourth-order valence-corrected chi connectivity index (χ4v) is 2.98. The molecule has 2 rings (SSSR count). The highest BCUT2D eigenvalue weighted by Crippen LogP contribution is 2.58. The predicted octanol–water partition coefficient (Wildman–Crippen LogP) is 1.48. The molecule has 0 heterocycles. The maximum absolute atomic E-state index is 12.4. The van der Waals surface area contributed by atoms with Gasteiger partial charge in [0.15, 0.2) is 0 Å². The Hall–Kier alpha value is -2.41. The summed E-state index contributed by atoms with van der Waals surface area (Å²) < 4.78 is 0. The van der Waals surface area contributed by atoms with Crippen LogP contribution in [0.3, 0.4) is 0 Å². The van der Waals surface area contributed by atoms with Crippen LogP contribution < -0.4 is 10.6 Å². The minimum Gasteiger partial charge on any atom is -0.481 e. The first-order valence-electron chi connectivity index (χ1n) is 7.72. The van der Waals surface area contributed by atoms with Crippen LogP contribution in [0.2, 0.25) is 0 Å². The largest absolute Gasteiger partial charge is 0.481 e. The Balaban J connectivity index is 2.09. The predicted molar refractivity (Wildman–Crippen MR) is 90.7 cm³/mol. The van der Waals surface area contributed by atoms with Gasteiger partial charge in [0.05, 0.1) is 29.8 Å². The fraction of sp³-hybridized carbons (Fsp3) is 0.471. The van der Waals surface area contributed by atoms with Crippen molar-refractivity contribution in [3.63, 3.8) is 0 Å². The summed E-state index contributed by atoms with van der Waals surface area (Å²) in [6.45, 7) is 3.75. The van der Waals surface area contributed by atoms with Crippen LogP contribution in [-0.2, 0) is 14.4 Å². The lowest BCUT2D eigenvalue weighted by Gasteiger charge is -2.14. The molecule has 0 aliphatic heterocycles. The van der Waals surface area contributed by atoms with Crippen molar-refractivity contribution in [2.45, 2.75) is 13.8 Å². The van der Waals surface area contributed by atoms with Crippen LogP contribution in [0, 0.1) is 17.3 Å². The number of carbonyl (C=O) groups excluding carboxylic acids is 2. The first-order chi connectivity index (χ1) is 11.1. The summed E-state index contributed by atoms with van der Waals surface area (Å²) in [5, 5.41) is 14.7. The number of carboxylic acid groups (broad SMARTS) is 1.